The summed E-state index contributed by atoms with van der Waals surface area (Å²) in [5.41, 5.74) is 1.44. The van der Waals surface area contributed by atoms with Gasteiger partial charge in [-0.2, -0.15) is 0 Å². The Hall–Kier alpha value is -3.71. The van der Waals surface area contributed by atoms with Crippen LogP contribution < -0.4 is 14.4 Å². The largest absolute Gasteiger partial charge is 0.507 e. The number of methoxy groups -OCH3 is 2. The minimum atomic E-state index is -0.980. The lowest BCUT2D eigenvalue weighted by Crippen LogP contribution is -2.29. The first kappa shape index (κ1) is 22.5. The Morgan fingerprint density at radius 1 is 1.03 bits per heavy atom. The number of Topliss-reactive ketones (excluding diaryl/α,β-unsaturated/α-hetero) is 1. The maximum absolute atomic E-state index is 13.2. The molecule has 1 saturated heterocycles. The fourth-order valence-electron chi connectivity index (χ4n) is 3.94. The van der Waals surface area contributed by atoms with Gasteiger partial charge in [-0.3, -0.25) is 14.5 Å². The van der Waals surface area contributed by atoms with Crippen molar-refractivity contribution in [3.63, 3.8) is 0 Å². The van der Waals surface area contributed by atoms with Crippen LogP contribution in [0.25, 0.3) is 5.76 Å². The van der Waals surface area contributed by atoms with Crippen LogP contribution in [0.3, 0.4) is 0 Å². The second-order valence-corrected chi connectivity index (χ2v) is 8.05. The minimum Gasteiger partial charge on any atom is -0.507 e. The quantitative estimate of drug-likeness (QED) is 0.315. The van der Waals surface area contributed by atoms with E-state index in [1.54, 1.807) is 37.3 Å². The van der Waals surface area contributed by atoms with Gasteiger partial charge in [0.05, 0.1) is 30.4 Å². The van der Waals surface area contributed by atoms with Gasteiger partial charge in [0.25, 0.3) is 11.7 Å². The number of amides is 1. The van der Waals surface area contributed by atoms with Crippen LogP contribution in [0.5, 0.6) is 11.5 Å². The molecule has 170 valence electrons. The second-order valence-electron chi connectivity index (χ2n) is 7.64. The van der Waals surface area contributed by atoms with Crippen molar-refractivity contribution in [3.05, 3.63) is 81.8 Å². The maximum atomic E-state index is 13.2. The highest BCUT2D eigenvalue weighted by molar-refractivity contribution is 6.51. The zero-order valence-electron chi connectivity index (χ0n) is 18.5. The Bertz CT molecular complexity index is 1290. The van der Waals surface area contributed by atoms with Crippen LogP contribution in [0.4, 0.5) is 5.69 Å². The first-order valence-corrected chi connectivity index (χ1v) is 10.5. The number of carbonyl (C=O) groups is 2. The van der Waals surface area contributed by atoms with Gasteiger partial charge in [-0.15, -0.1) is 0 Å². The number of ketones is 1. The lowest BCUT2D eigenvalue weighted by molar-refractivity contribution is -0.132. The average molecular weight is 468 g/mol. The first-order chi connectivity index (χ1) is 15.8. The van der Waals surface area contributed by atoms with E-state index in [1.807, 2.05) is 13.0 Å². The zero-order chi connectivity index (χ0) is 23.9. The molecule has 0 bridgehead atoms. The Labute approximate surface area is 195 Å². The van der Waals surface area contributed by atoms with E-state index in [0.29, 0.717) is 23.0 Å². The highest BCUT2D eigenvalue weighted by Crippen LogP contribution is 2.45. The fourth-order valence-corrected chi connectivity index (χ4v) is 4.18. The Balaban J connectivity index is 1.98. The highest BCUT2D eigenvalue weighted by Gasteiger charge is 2.48. The molecule has 4 rings (SSSR count). The molecule has 1 aromatic heterocycles. The van der Waals surface area contributed by atoms with Crippen LogP contribution >= 0.6 is 11.6 Å². The predicted octanol–water partition coefficient (Wildman–Crippen LogP) is 5.19. The molecule has 0 radical (unpaired) electrons. The van der Waals surface area contributed by atoms with Crippen molar-refractivity contribution in [3.8, 4) is 11.5 Å². The Kier molecular flexibility index (Phi) is 5.91. The molecule has 2 aromatic carbocycles. The molecule has 7 nitrogen and oxygen atoms in total. The molecule has 8 heteroatoms. The van der Waals surface area contributed by atoms with Crippen molar-refractivity contribution in [2.45, 2.75) is 19.9 Å². The Morgan fingerprint density at radius 3 is 2.36 bits per heavy atom. The summed E-state index contributed by atoms with van der Waals surface area (Å²) >= 11 is 6.28. The molecule has 0 spiro atoms. The molecule has 33 heavy (non-hydrogen) atoms. The molecule has 0 saturated carbocycles. The summed E-state index contributed by atoms with van der Waals surface area (Å²) in [5, 5.41) is 11.5. The molecule has 1 amide bonds. The third-order valence-corrected chi connectivity index (χ3v) is 5.78. The smallest absolute Gasteiger partial charge is 0.300 e. The number of benzene rings is 2. The summed E-state index contributed by atoms with van der Waals surface area (Å²) in [7, 11) is 2.87. The van der Waals surface area contributed by atoms with Crippen LogP contribution in [0, 0.1) is 13.8 Å². The van der Waals surface area contributed by atoms with Crippen molar-refractivity contribution in [2.75, 3.05) is 19.1 Å². The van der Waals surface area contributed by atoms with Gasteiger partial charge in [0.2, 0.25) is 0 Å². The summed E-state index contributed by atoms with van der Waals surface area (Å²) in [4.78, 5) is 27.8. The second kappa shape index (κ2) is 8.67. The molecule has 1 aliphatic heterocycles. The topological polar surface area (TPSA) is 89.2 Å². The number of aliphatic hydroxyl groups is 1. The van der Waals surface area contributed by atoms with Crippen LogP contribution in [-0.4, -0.2) is 31.0 Å². The van der Waals surface area contributed by atoms with Gasteiger partial charge in [-0.25, -0.2) is 0 Å². The summed E-state index contributed by atoms with van der Waals surface area (Å²) in [5.74, 6) is -0.544. The molecule has 1 aliphatic rings. The predicted molar refractivity (Wildman–Crippen MR) is 124 cm³/mol. The molecule has 1 fully saturated rings. The van der Waals surface area contributed by atoms with E-state index in [4.69, 9.17) is 25.5 Å². The molecule has 3 aromatic rings. The van der Waals surface area contributed by atoms with Crippen LogP contribution in [0.1, 0.15) is 28.7 Å². The van der Waals surface area contributed by atoms with Crippen molar-refractivity contribution in [1.29, 1.82) is 0 Å². The number of nitrogens with zero attached hydrogens (tertiary/aromatic N) is 1. The van der Waals surface area contributed by atoms with Gasteiger partial charge in [-0.1, -0.05) is 23.7 Å². The third-order valence-electron chi connectivity index (χ3n) is 5.48. The molecule has 2 heterocycles. The molecular formula is C25H22ClNO6. The third kappa shape index (κ3) is 3.85. The van der Waals surface area contributed by atoms with Crippen molar-refractivity contribution >= 4 is 34.7 Å². The lowest BCUT2D eigenvalue weighted by atomic mass is 9.98. The average Bonchev–Trinajstić information content (AvgIpc) is 3.33. The number of furan rings is 1. The monoisotopic (exact) mass is 467 g/mol. The highest BCUT2D eigenvalue weighted by atomic mass is 35.5. The molecular weight excluding hydrogens is 446 g/mol. The number of ether oxygens (including phenoxy) is 2. The van der Waals surface area contributed by atoms with Crippen LogP contribution in [0.15, 0.2) is 58.5 Å². The summed E-state index contributed by atoms with van der Waals surface area (Å²) in [6.45, 7) is 3.64. The summed E-state index contributed by atoms with van der Waals surface area (Å²) in [6, 6.07) is 12.6. The number of hydrogen-bond donors (Lipinski definition) is 1. The maximum Gasteiger partial charge on any atom is 0.300 e. The Morgan fingerprint density at radius 2 is 1.76 bits per heavy atom. The van der Waals surface area contributed by atoms with E-state index < -0.39 is 23.5 Å². The molecule has 0 aliphatic carbocycles. The molecule has 1 atom stereocenters. The molecule has 1 N–H and O–H groups in total. The van der Waals surface area contributed by atoms with Crippen molar-refractivity contribution in [1.82, 2.24) is 0 Å². The number of rotatable bonds is 5. The van der Waals surface area contributed by atoms with E-state index in [1.165, 1.54) is 31.3 Å². The number of hydrogen-bond acceptors (Lipinski definition) is 6. The van der Waals surface area contributed by atoms with Crippen molar-refractivity contribution in [2.24, 2.45) is 0 Å². The van der Waals surface area contributed by atoms with E-state index >= 15 is 0 Å². The fraction of sp³-hybridized carbons (Fsp3) is 0.200. The van der Waals surface area contributed by atoms with E-state index in [-0.39, 0.29) is 21.9 Å². The van der Waals surface area contributed by atoms with Gasteiger partial charge in [0, 0.05) is 11.8 Å². The van der Waals surface area contributed by atoms with Gasteiger partial charge in [0.15, 0.2) is 0 Å². The number of aliphatic hydroxyl groups excluding tert-OH is 1. The van der Waals surface area contributed by atoms with Gasteiger partial charge in [-0.05, 0) is 49.7 Å². The van der Waals surface area contributed by atoms with Gasteiger partial charge >= 0.3 is 0 Å². The van der Waals surface area contributed by atoms with E-state index in [0.717, 1.165) is 5.56 Å². The van der Waals surface area contributed by atoms with Gasteiger partial charge < -0.3 is 19.0 Å². The van der Waals surface area contributed by atoms with Crippen LogP contribution in [-0.2, 0) is 9.59 Å². The zero-order valence-corrected chi connectivity index (χ0v) is 19.3. The normalized spacial score (nSPS) is 17.5. The number of carbonyl (C=O) groups excluding carboxylic acids is 2. The number of anilines is 1. The minimum absolute atomic E-state index is 0.129. The van der Waals surface area contributed by atoms with Crippen molar-refractivity contribution < 1.29 is 28.6 Å². The number of halogens is 1. The standard InChI is InChI=1S/C25H22ClNO6/c1-13-6-5-7-15(10-13)27-22(18-9-8-14(2)33-18)21(24(29)25(27)30)23(28)16-11-17(26)20(32-4)12-19(16)31-3/h5-12,22,28H,1-4H3/b23-21+. The lowest BCUT2D eigenvalue weighted by Gasteiger charge is -2.24. The van der Waals surface area contributed by atoms with E-state index in [9.17, 15) is 14.7 Å². The SMILES string of the molecule is COc1cc(OC)c(/C(O)=C2\C(=O)C(=O)N(c3cccc(C)c3)C2c2ccc(C)o2)cc1Cl. The molecule has 1 unspecified atom stereocenters. The summed E-state index contributed by atoms with van der Waals surface area (Å²) in [6.07, 6.45) is 0. The van der Waals surface area contributed by atoms with E-state index in [2.05, 4.69) is 0 Å². The number of aryl methyl sites for hydroxylation is 2. The first-order valence-electron chi connectivity index (χ1n) is 10.1. The van der Waals surface area contributed by atoms with Crippen LogP contribution in [0.2, 0.25) is 5.02 Å². The summed E-state index contributed by atoms with van der Waals surface area (Å²) < 4.78 is 16.4. The van der Waals surface area contributed by atoms with Gasteiger partial charge in [0.1, 0.15) is 34.8 Å².